The van der Waals surface area contributed by atoms with Crippen molar-refractivity contribution in [1.29, 1.82) is 0 Å². The Morgan fingerprint density at radius 1 is 0.970 bits per heavy atom. The summed E-state index contributed by atoms with van der Waals surface area (Å²) in [7, 11) is 0. The van der Waals surface area contributed by atoms with E-state index < -0.39 is 0 Å². The molecule has 4 aromatic rings. The molecular formula is C24H19Cl2N5OS. The van der Waals surface area contributed by atoms with Gasteiger partial charge in [-0.1, -0.05) is 83.5 Å². The molecule has 9 heteroatoms. The number of carbonyl (C=O) groups is 1. The monoisotopic (exact) mass is 495 g/mol. The van der Waals surface area contributed by atoms with E-state index in [0.29, 0.717) is 26.7 Å². The van der Waals surface area contributed by atoms with Crippen molar-refractivity contribution in [2.75, 3.05) is 5.75 Å². The molecule has 0 bridgehead atoms. The molecule has 0 radical (unpaired) electrons. The quantitative estimate of drug-likeness (QED) is 0.197. The summed E-state index contributed by atoms with van der Waals surface area (Å²) in [5, 5.41) is 14.7. The Morgan fingerprint density at radius 2 is 1.67 bits per heavy atom. The average molecular weight is 496 g/mol. The SMILES string of the molecule is CC(=NNC(=O)CSc1nnc(-c2ccccc2)n1-c1ccc(Cl)cc1)c1ccccc1Cl. The van der Waals surface area contributed by atoms with E-state index in [0.717, 1.165) is 16.8 Å². The Balaban J connectivity index is 1.53. The van der Waals surface area contributed by atoms with Crippen LogP contribution < -0.4 is 5.43 Å². The van der Waals surface area contributed by atoms with Crippen molar-refractivity contribution >= 4 is 46.6 Å². The van der Waals surface area contributed by atoms with Gasteiger partial charge in [-0.3, -0.25) is 9.36 Å². The molecule has 0 aliphatic heterocycles. The third-order valence-corrected chi connectivity index (χ3v) is 6.21. The third kappa shape index (κ3) is 5.63. The highest BCUT2D eigenvalue weighted by atomic mass is 35.5. The van der Waals surface area contributed by atoms with Gasteiger partial charge in [0.1, 0.15) is 0 Å². The molecule has 0 spiro atoms. The Morgan fingerprint density at radius 3 is 2.39 bits per heavy atom. The zero-order chi connectivity index (χ0) is 23.2. The summed E-state index contributed by atoms with van der Waals surface area (Å²) in [5.41, 5.74) is 5.72. The van der Waals surface area contributed by atoms with E-state index >= 15 is 0 Å². The molecular weight excluding hydrogens is 477 g/mol. The second kappa shape index (κ2) is 10.7. The smallest absolute Gasteiger partial charge is 0.250 e. The molecule has 166 valence electrons. The van der Waals surface area contributed by atoms with Gasteiger partial charge >= 0.3 is 0 Å². The third-order valence-electron chi connectivity index (χ3n) is 4.69. The number of halogens is 2. The first-order valence-electron chi connectivity index (χ1n) is 10.0. The lowest BCUT2D eigenvalue weighted by molar-refractivity contribution is -0.118. The van der Waals surface area contributed by atoms with Crippen LogP contribution in [0.5, 0.6) is 0 Å². The number of hydrogen-bond donors (Lipinski definition) is 1. The van der Waals surface area contributed by atoms with Crippen molar-refractivity contribution in [3.63, 3.8) is 0 Å². The highest BCUT2D eigenvalue weighted by Gasteiger charge is 2.17. The molecule has 1 aromatic heterocycles. The first-order valence-corrected chi connectivity index (χ1v) is 11.7. The van der Waals surface area contributed by atoms with Crippen LogP contribution in [0.1, 0.15) is 12.5 Å². The zero-order valence-electron chi connectivity index (χ0n) is 17.6. The number of rotatable bonds is 7. The molecule has 0 saturated carbocycles. The van der Waals surface area contributed by atoms with E-state index in [1.54, 1.807) is 25.1 Å². The van der Waals surface area contributed by atoms with Crippen LogP contribution in [-0.2, 0) is 4.79 Å². The highest BCUT2D eigenvalue weighted by Crippen LogP contribution is 2.28. The van der Waals surface area contributed by atoms with Crippen LogP contribution in [0, 0.1) is 0 Å². The fourth-order valence-electron chi connectivity index (χ4n) is 3.08. The summed E-state index contributed by atoms with van der Waals surface area (Å²) in [4.78, 5) is 12.5. The van der Waals surface area contributed by atoms with Crippen LogP contribution in [0.2, 0.25) is 10.0 Å². The summed E-state index contributed by atoms with van der Waals surface area (Å²) in [6, 6.07) is 24.5. The van der Waals surface area contributed by atoms with Crippen molar-refractivity contribution in [2.24, 2.45) is 5.10 Å². The van der Waals surface area contributed by atoms with Gasteiger partial charge in [-0.25, -0.2) is 5.43 Å². The number of nitrogens with zero attached hydrogens (tertiary/aromatic N) is 4. The molecule has 6 nitrogen and oxygen atoms in total. The number of hydrogen-bond acceptors (Lipinski definition) is 5. The fraction of sp³-hybridized carbons (Fsp3) is 0.0833. The van der Waals surface area contributed by atoms with Gasteiger partial charge < -0.3 is 0 Å². The standard InChI is InChI=1S/C24H19Cl2N5OS/c1-16(20-9-5-6-10-21(20)26)27-28-22(32)15-33-24-30-29-23(17-7-3-2-4-8-17)31(24)19-13-11-18(25)12-14-19/h2-14H,15H2,1H3,(H,28,32). The Bertz CT molecular complexity index is 1290. The molecule has 0 saturated heterocycles. The summed E-state index contributed by atoms with van der Waals surface area (Å²) >= 11 is 13.5. The number of aromatic nitrogens is 3. The molecule has 0 fully saturated rings. The van der Waals surface area contributed by atoms with Crippen molar-refractivity contribution < 1.29 is 4.79 Å². The van der Waals surface area contributed by atoms with Crippen molar-refractivity contribution in [3.05, 3.63) is 94.5 Å². The Hall–Kier alpha value is -3.13. The van der Waals surface area contributed by atoms with Crippen LogP contribution in [-0.4, -0.2) is 32.1 Å². The largest absolute Gasteiger partial charge is 0.272 e. The molecule has 33 heavy (non-hydrogen) atoms. The Kier molecular flexibility index (Phi) is 7.44. The molecule has 0 atom stereocenters. The van der Waals surface area contributed by atoms with Crippen LogP contribution in [0.3, 0.4) is 0 Å². The second-order valence-electron chi connectivity index (χ2n) is 6.98. The second-order valence-corrected chi connectivity index (χ2v) is 8.77. The maximum Gasteiger partial charge on any atom is 0.250 e. The minimum absolute atomic E-state index is 0.111. The fourth-order valence-corrected chi connectivity index (χ4v) is 4.23. The molecule has 1 amide bonds. The van der Waals surface area contributed by atoms with Crippen molar-refractivity contribution in [2.45, 2.75) is 12.1 Å². The van der Waals surface area contributed by atoms with Gasteiger partial charge in [0.2, 0.25) is 0 Å². The topological polar surface area (TPSA) is 72.2 Å². The minimum Gasteiger partial charge on any atom is -0.272 e. The molecule has 0 aliphatic carbocycles. The summed E-state index contributed by atoms with van der Waals surface area (Å²) in [6.45, 7) is 1.79. The number of carbonyl (C=O) groups excluding carboxylic acids is 1. The average Bonchev–Trinajstić information content (AvgIpc) is 3.26. The molecule has 0 unspecified atom stereocenters. The number of nitrogens with one attached hydrogen (secondary N) is 1. The highest BCUT2D eigenvalue weighted by molar-refractivity contribution is 7.99. The summed E-state index contributed by atoms with van der Waals surface area (Å²) in [6.07, 6.45) is 0. The Labute approximate surface area is 205 Å². The van der Waals surface area contributed by atoms with Crippen LogP contribution in [0.25, 0.3) is 17.1 Å². The van der Waals surface area contributed by atoms with Crippen LogP contribution in [0.4, 0.5) is 0 Å². The summed E-state index contributed by atoms with van der Waals surface area (Å²) < 4.78 is 1.90. The van der Waals surface area contributed by atoms with Gasteiger partial charge in [-0.15, -0.1) is 10.2 Å². The first kappa shape index (κ1) is 23.0. The van der Waals surface area contributed by atoms with Gasteiger partial charge in [0.15, 0.2) is 11.0 Å². The number of hydrazone groups is 1. The predicted octanol–water partition coefficient (Wildman–Crippen LogP) is 5.87. The van der Waals surface area contributed by atoms with Gasteiger partial charge in [-0.05, 0) is 37.3 Å². The number of benzene rings is 3. The van der Waals surface area contributed by atoms with E-state index in [-0.39, 0.29) is 11.7 Å². The van der Waals surface area contributed by atoms with Crippen molar-refractivity contribution in [1.82, 2.24) is 20.2 Å². The molecule has 1 N–H and O–H groups in total. The lowest BCUT2D eigenvalue weighted by Gasteiger charge is -2.10. The van der Waals surface area contributed by atoms with Gasteiger partial charge in [-0.2, -0.15) is 5.10 Å². The zero-order valence-corrected chi connectivity index (χ0v) is 19.9. The molecule has 1 heterocycles. The predicted molar refractivity (Wildman–Crippen MR) is 134 cm³/mol. The molecule has 3 aromatic carbocycles. The number of amides is 1. The minimum atomic E-state index is -0.265. The molecule has 4 rings (SSSR count). The maximum absolute atomic E-state index is 12.5. The van der Waals surface area contributed by atoms with E-state index in [4.69, 9.17) is 23.2 Å². The van der Waals surface area contributed by atoms with Gasteiger partial charge in [0, 0.05) is 26.9 Å². The maximum atomic E-state index is 12.5. The van der Waals surface area contributed by atoms with Crippen molar-refractivity contribution in [3.8, 4) is 17.1 Å². The normalized spacial score (nSPS) is 11.4. The lowest BCUT2D eigenvalue weighted by Crippen LogP contribution is -2.21. The van der Waals surface area contributed by atoms with Gasteiger partial charge in [0.25, 0.3) is 5.91 Å². The lowest BCUT2D eigenvalue weighted by atomic mass is 10.1. The first-order chi connectivity index (χ1) is 16.0. The van der Waals surface area contributed by atoms with E-state index in [2.05, 4.69) is 20.7 Å². The molecule has 0 aliphatic rings. The van der Waals surface area contributed by atoms with E-state index in [1.807, 2.05) is 65.2 Å². The van der Waals surface area contributed by atoms with E-state index in [1.165, 1.54) is 11.8 Å². The van der Waals surface area contributed by atoms with Gasteiger partial charge in [0.05, 0.1) is 11.5 Å². The number of thioether (sulfide) groups is 1. The van der Waals surface area contributed by atoms with Crippen LogP contribution >= 0.6 is 35.0 Å². The van der Waals surface area contributed by atoms with E-state index in [9.17, 15) is 4.79 Å². The summed E-state index contributed by atoms with van der Waals surface area (Å²) in [5.74, 6) is 0.520. The van der Waals surface area contributed by atoms with Crippen LogP contribution in [0.15, 0.2) is 89.1 Å².